The van der Waals surface area contributed by atoms with Crippen LogP contribution in [-0.4, -0.2) is 173 Å². The van der Waals surface area contributed by atoms with Crippen molar-refractivity contribution in [2.24, 2.45) is 13.0 Å². The summed E-state index contributed by atoms with van der Waals surface area (Å²) in [5.41, 5.74) is 9.18. The number of ether oxygens (including phenoxy) is 4. The molecular formula is C37H53N13O25P4. The molecule has 38 nitrogen and oxygen atoms in total. The van der Waals surface area contributed by atoms with E-state index in [-0.39, 0.29) is 59.5 Å². The monoisotopic (exact) mass is 1200 g/mol. The van der Waals surface area contributed by atoms with E-state index in [0.29, 0.717) is 4.57 Å². The molecule has 0 saturated carbocycles. The third-order valence-corrected chi connectivity index (χ3v) is 17.8. The first-order valence-corrected chi connectivity index (χ1v) is 29.2. The summed E-state index contributed by atoms with van der Waals surface area (Å²) in [6.45, 7) is -0.291. The molecule has 3 fully saturated rings. The topological polar surface area (TPSA) is 530 Å². The molecule has 3 aliphatic heterocycles. The molecule has 0 spiro atoms. The summed E-state index contributed by atoms with van der Waals surface area (Å²) in [6.07, 6.45) is -14.0. The van der Waals surface area contributed by atoms with Crippen molar-refractivity contribution in [3.05, 3.63) is 62.4 Å². The minimum atomic E-state index is -6.25. The van der Waals surface area contributed by atoms with Gasteiger partial charge in [0.05, 0.1) is 39.3 Å². The van der Waals surface area contributed by atoms with E-state index in [4.69, 9.17) is 48.5 Å². The summed E-state index contributed by atoms with van der Waals surface area (Å²) >= 11 is 0. The Morgan fingerprint density at radius 2 is 1.51 bits per heavy atom. The number of rotatable bonds is 23. The van der Waals surface area contributed by atoms with Gasteiger partial charge in [-0.1, -0.05) is 11.9 Å². The molecule has 1 amide bonds. The first-order chi connectivity index (χ1) is 37.1. The van der Waals surface area contributed by atoms with Gasteiger partial charge in [-0.3, -0.25) is 51.7 Å². The van der Waals surface area contributed by atoms with Crippen molar-refractivity contribution in [1.82, 2.24) is 48.5 Å². The zero-order valence-electron chi connectivity index (χ0n) is 41.5. The fourth-order valence-corrected chi connectivity index (χ4v) is 13.4. The average Bonchev–Trinajstić information content (AvgIpc) is 4.31. The molecule has 0 bridgehead atoms. The molecule has 42 heteroatoms. The van der Waals surface area contributed by atoms with Crippen LogP contribution in [0.1, 0.15) is 39.0 Å². The van der Waals surface area contributed by atoms with Crippen molar-refractivity contribution >= 4 is 71.3 Å². The number of aliphatic hydroxyl groups excluding tert-OH is 3. The summed E-state index contributed by atoms with van der Waals surface area (Å²) in [5.74, 6) is -1.90. The van der Waals surface area contributed by atoms with Gasteiger partial charge >= 0.3 is 34.8 Å². The van der Waals surface area contributed by atoms with Crippen LogP contribution >= 0.6 is 31.3 Å². The first kappa shape index (κ1) is 60.0. The zero-order valence-corrected chi connectivity index (χ0v) is 45.0. The van der Waals surface area contributed by atoms with Crippen LogP contribution in [0.5, 0.6) is 0 Å². The highest BCUT2D eigenvalue weighted by Crippen LogP contribution is 2.68. The van der Waals surface area contributed by atoms with Crippen molar-refractivity contribution in [3.63, 3.8) is 0 Å². The molecule has 79 heavy (non-hydrogen) atoms. The Kier molecular flexibility index (Phi) is 17.8. The number of aromatic nitrogens is 10. The number of amides is 1. The lowest BCUT2D eigenvalue weighted by atomic mass is 9.97. The number of phosphoric acid groups is 4. The number of hydrogen-bond acceptors (Lipinski definition) is 28. The summed E-state index contributed by atoms with van der Waals surface area (Å²) < 4.78 is 110. The van der Waals surface area contributed by atoms with Crippen LogP contribution in [0.4, 0.5) is 11.8 Å². The number of hydrogen-bond donors (Lipinski definition) is 10. The maximum absolute atomic E-state index is 13.5. The van der Waals surface area contributed by atoms with E-state index in [2.05, 4.69) is 33.5 Å². The Morgan fingerprint density at radius 1 is 0.848 bits per heavy atom. The van der Waals surface area contributed by atoms with Gasteiger partial charge in [0.15, 0.2) is 30.2 Å². The zero-order chi connectivity index (χ0) is 57.7. The van der Waals surface area contributed by atoms with Gasteiger partial charge in [0.25, 0.3) is 24.9 Å². The molecule has 12 N–H and O–H groups in total. The normalized spacial score (nSPS) is 29.4. The number of aliphatic hydroxyl groups is 3. The number of imidazole rings is 2. The van der Waals surface area contributed by atoms with E-state index in [9.17, 15) is 72.3 Å². The minimum absolute atomic E-state index is 0.00280. The third kappa shape index (κ3) is 13.0. The van der Waals surface area contributed by atoms with E-state index in [1.54, 1.807) is 13.8 Å². The lowest BCUT2D eigenvalue weighted by molar-refractivity contribution is -0.745. The fraction of sp³-hybridized carbons (Fsp3) is 0.595. The fourth-order valence-electron chi connectivity index (χ4n) is 8.98. The van der Waals surface area contributed by atoms with Gasteiger partial charge in [-0.25, -0.2) is 38.0 Å². The Bertz CT molecular complexity index is 3450. The van der Waals surface area contributed by atoms with Gasteiger partial charge in [-0.2, -0.15) is 8.62 Å². The molecule has 0 aliphatic carbocycles. The molecule has 5 unspecified atom stereocenters. The number of aromatic amines is 2. The van der Waals surface area contributed by atoms with Crippen molar-refractivity contribution in [2.75, 3.05) is 51.5 Å². The largest absolute Gasteiger partial charge is 0.756 e. The minimum Gasteiger partial charge on any atom is -0.756 e. The van der Waals surface area contributed by atoms with Crippen LogP contribution in [0.2, 0.25) is 0 Å². The molecule has 16 atom stereocenters. The number of nitrogens with one attached hydrogen (secondary N) is 2. The standard InChI is InChI=1S/C37H53N13O25P4/c1-5-21(52)47(6-2)9-16-17(70-33(24(16)53)50-15-46(3)23-31(50)44-36(39)45-32(23)56)10-68-77(60,61)74-79(64,65)75-78(62,63)69-12-19-27(28(66-4)35(72-19)49-14-42-22-29(38)40-13-41-30(22)49)73-76(58,59)67-11-18-25(54)26(55)34(71-18)48-8-7-20(51)43-37(48)57/h7-8,13-19,24-28,33-35,53-55H,5-6,9-12H2,1-4H3,(H9-,38,39,40,41,43,44,45,51,56,57,58,59,60,61,62,63,64,65)/t16-,17-,18-,19?,24-,25-,26-,27-,28-,33-,34-,35-/m1/s1. The second-order valence-corrected chi connectivity index (χ2v) is 23.6. The number of fused-ring (bicyclic) bond motifs is 2. The quantitative estimate of drug-likeness (QED) is 0.0220. The third-order valence-electron chi connectivity index (χ3n) is 12.6. The molecule has 8 rings (SSSR count). The van der Waals surface area contributed by atoms with Crippen LogP contribution in [0.25, 0.3) is 22.3 Å². The summed E-state index contributed by atoms with van der Waals surface area (Å²) in [6, 6.07) is 0.913. The number of aryl methyl sites for hydroxylation is 1. The Balaban J connectivity index is 0.958. The van der Waals surface area contributed by atoms with Crippen LogP contribution < -0.4 is 37.7 Å². The first-order valence-electron chi connectivity index (χ1n) is 23.2. The lowest BCUT2D eigenvalue weighted by Crippen LogP contribution is -2.47. The highest BCUT2D eigenvalue weighted by atomic mass is 31.3. The van der Waals surface area contributed by atoms with Crippen LogP contribution in [0.15, 0.2) is 45.6 Å². The van der Waals surface area contributed by atoms with Gasteiger partial charge in [0.2, 0.25) is 17.7 Å². The number of carbonyl (C=O) groups is 1. The van der Waals surface area contributed by atoms with Gasteiger partial charge in [0.1, 0.15) is 54.6 Å². The number of nitrogen functional groups attached to an aromatic ring is 2. The number of anilines is 2. The predicted molar refractivity (Wildman–Crippen MR) is 256 cm³/mol. The van der Waals surface area contributed by atoms with Crippen molar-refractivity contribution in [1.29, 1.82) is 0 Å². The van der Waals surface area contributed by atoms with E-state index < -0.39 is 141 Å². The summed E-state index contributed by atoms with van der Waals surface area (Å²) in [5, 5.41) is 32.9. The predicted octanol–water partition coefficient (Wildman–Crippen LogP) is -3.99. The molecule has 0 aromatic carbocycles. The molecular weight excluding hydrogens is 1150 g/mol. The van der Waals surface area contributed by atoms with E-state index >= 15 is 0 Å². The van der Waals surface area contributed by atoms with Gasteiger partial charge in [-0.15, -0.1) is 0 Å². The number of carbonyl (C=O) groups excluding carboxylic acids is 1. The van der Waals surface area contributed by atoms with Crippen molar-refractivity contribution in [3.8, 4) is 0 Å². The molecule has 436 valence electrons. The van der Waals surface area contributed by atoms with Crippen molar-refractivity contribution in [2.45, 2.75) is 87.8 Å². The number of phosphoric ester groups is 3. The molecule has 5 aromatic heterocycles. The van der Waals surface area contributed by atoms with Crippen LogP contribution in [-0.2, 0) is 75.8 Å². The number of nitrogens with zero attached hydrogens (tertiary/aromatic N) is 9. The van der Waals surface area contributed by atoms with E-state index in [1.165, 1.54) is 32.0 Å². The van der Waals surface area contributed by atoms with Crippen LogP contribution in [0, 0.1) is 5.92 Å². The van der Waals surface area contributed by atoms with E-state index in [1.807, 2.05) is 4.98 Å². The van der Waals surface area contributed by atoms with Gasteiger partial charge in [0, 0.05) is 44.8 Å². The molecule has 3 aliphatic rings. The highest BCUT2D eigenvalue weighted by Gasteiger charge is 2.53. The Labute approximate surface area is 441 Å². The molecule has 0 radical (unpaired) electrons. The van der Waals surface area contributed by atoms with Crippen LogP contribution in [0.3, 0.4) is 0 Å². The second kappa shape index (κ2) is 23.4. The lowest BCUT2D eigenvalue weighted by Gasteiger charge is -2.31. The number of methoxy groups -OCH3 is 1. The second-order valence-electron chi connectivity index (χ2n) is 17.6. The SMILES string of the molecule is CCC(=O)N(CC)C[C@H]1[C@@H](O)[C@H]([n+]2cn(C)c3c(=O)[nH]c(N)nc32)O[C@@H]1COP(=O)(O)OP(=O)(O)OP(=O)(O)OCC1O[C@@H](n2cnc3c(N)ncnc32)[C@H](OC)[C@@H]1OP(=O)([O-])OC[C@H]1O[C@@H](n2ccc(=O)[nH]c2=O)[C@H](O)[C@@H]1O. The maximum Gasteiger partial charge on any atom is 0.490 e. The van der Waals surface area contributed by atoms with Gasteiger partial charge < -0.3 is 79.3 Å². The highest BCUT2D eigenvalue weighted by molar-refractivity contribution is 7.66. The maximum atomic E-state index is 13.5. The summed E-state index contributed by atoms with van der Waals surface area (Å²) in [7, 11) is -21.3. The van der Waals surface area contributed by atoms with E-state index in [0.717, 1.165) is 32.0 Å². The average molecular weight is 1200 g/mol. The Morgan fingerprint density at radius 3 is 2.15 bits per heavy atom. The molecule has 3 saturated heterocycles. The smallest absolute Gasteiger partial charge is 0.490 e. The number of nitrogens with two attached hydrogens (primary N) is 2. The Hall–Kier alpha value is -5.11. The van der Waals surface area contributed by atoms with Gasteiger partial charge in [-0.05, 0) is 6.92 Å². The summed E-state index contributed by atoms with van der Waals surface area (Å²) in [4.78, 5) is 117. The molecule has 5 aromatic rings. The number of H-pyrrole nitrogens is 2. The van der Waals surface area contributed by atoms with Crippen molar-refractivity contribution < 1.29 is 108 Å². The molecule has 8 heterocycles.